The molecule has 0 unspecified atom stereocenters. The first kappa shape index (κ1) is 13.0. The first-order valence-corrected chi connectivity index (χ1v) is 5.53. The number of anilines is 2. The summed E-state index contributed by atoms with van der Waals surface area (Å²) in [7, 11) is 0. The van der Waals surface area contributed by atoms with Crippen molar-refractivity contribution < 1.29 is 9.59 Å². The van der Waals surface area contributed by atoms with E-state index in [0.29, 0.717) is 17.5 Å². The van der Waals surface area contributed by atoms with E-state index in [1.807, 2.05) is 19.9 Å². The lowest BCUT2D eigenvalue weighted by molar-refractivity contribution is 0.112. The standard InChI is InChI=1S/C12H17N3O2/c1-3-15(4-2)10-6-5-9(8-16)11(7-10)14-12(13)17/h5-8H,3-4H2,1-2H3,(H3,13,14,17). The van der Waals surface area contributed by atoms with Crippen LogP contribution in [0.15, 0.2) is 18.2 Å². The number of nitrogens with one attached hydrogen (secondary N) is 1. The zero-order chi connectivity index (χ0) is 12.8. The van der Waals surface area contributed by atoms with Gasteiger partial charge in [-0.2, -0.15) is 0 Å². The molecule has 0 aromatic heterocycles. The minimum atomic E-state index is -0.676. The molecule has 17 heavy (non-hydrogen) atoms. The molecule has 1 aromatic carbocycles. The van der Waals surface area contributed by atoms with Crippen LogP contribution in [-0.4, -0.2) is 25.4 Å². The fourth-order valence-electron chi connectivity index (χ4n) is 1.67. The van der Waals surface area contributed by atoms with Crippen molar-refractivity contribution in [1.29, 1.82) is 0 Å². The first-order valence-electron chi connectivity index (χ1n) is 5.53. The Labute approximate surface area is 101 Å². The molecule has 0 radical (unpaired) electrons. The van der Waals surface area contributed by atoms with E-state index in [-0.39, 0.29) is 0 Å². The zero-order valence-corrected chi connectivity index (χ0v) is 10.1. The molecule has 0 aliphatic heterocycles. The third kappa shape index (κ3) is 3.21. The zero-order valence-electron chi connectivity index (χ0n) is 10.1. The van der Waals surface area contributed by atoms with Crippen molar-refractivity contribution in [3.8, 4) is 0 Å². The van der Waals surface area contributed by atoms with Crippen LogP contribution in [0.25, 0.3) is 0 Å². The summed E-state index contributed by atoms with van der Waals surface area (Å²) < 4.78 is 0. The number of urea groups is 1. The van der Waals surface area contributed by atoms with Crippen LogP contribution in [0.4, 0.5) is 16.2 Å². The van der Waals surface area contributed by atoms with Gasteiger partial charge in [0.25, 0.3) is 0 Å². The van der Waals surface area contributed by atoms with Gasteiger partial charge in [-0.05, 0) is 32.0 Å². The van der Waals surface area contributed by atoms with Gasteiger partial charge in [0.2, 0.25) is 0 Å². The number of primary amides is 1. The van der Waals surface area contributed by atoms with E-state index in [0.717, 1.165) is 18.8 Å². The van der Waals surface area contributed by atoms with Crippen LogP contribution in [0.2, 0.25) is 0 Å². The number of rotatable bonds is 5. The molecule has 1 rings (SSSR count). The predicted molar refractivity (Wildman–Crippen MR) is 68.6 cm³/mol. The lowest BCUT2D eigenvalue weighted by atomic mass is 10.1. The fourth-order valence-corrected chi connectivity index (χ4v) is 1.67. The molecule has 3 N–H and O–H groups in total. The number of aldehydes is 1. The molecule has 0 saturated heterocycles. The van der Waals surface area contributed by atoms with Gasteiger partial charge in [-0.1, -0.05) is 0 Å². The van der Waals surface area contributed by atoms with Gasteiger partial charge < -0.3 is 16.0 Å². The van der Waals surface area contributed by atoms with E-state index < -0.39 is 6.03 Å². The van der Waals surface area contributed by atoms with Gasteiger partial charge in [-0.15, -0.1) is 0 Å². The molecule has 0 spiro atoms. The molecule has 0 aliphatic rings. The van der Waals surface area contributed by atoms with Gasteiger partial charge in [-0.3, -0.25) is 4.79 Å². The maximum absolute atomic E-state index is 10.8. The monoisotopic (exact) mass is 235 g/mol. The Hall–Kier alpha value is -2.04. The Kier molecular flexibility index (Phi) is 4.51. The smallest absolute Gasteiger partial charge is 0.316 e. The maximum Gasteiger partial charge on any atom is 0.316 e. The molecular formula is C12H17N3O2. The summed E-state index contributed by atoms with van der Waals surface area (Å²) in [6, 6.07) is 4.60. The molecule has 0 aliphatic carbocycles. The minimum absolute atomic E-state index is 0.416. The third-order valence-electron chi connectivity index (χ3n) is 2.55. The number of amides is 2. The summed E-state index contributed by atoms with van der Waals surface area (Å²) in [5.41, 5.74) is 6.87. The third-order valence-corrected chi connectivity index (χ3v) is 2.55. The van der Waals surface area contributed by atoms with Crippen LogP contribution < -0.4 is 16.0 Å². The first-order chi connectivity index (χ1) is 8.12. The lowest BCUT2D eigenvalue weighted by Gasteiger charge is -2.22. The molecule has 92 valence electrons. The number of hydrogen-bond donors (Lipinski definition) is 2. The summed E-state index contributed by atoms with van der Waals surface area (Å²) in [6.07, 6.45) is 0.692. The highest BCUT2D eigenvalue weighted by atomic mass is 16.2. The van der Waals surface area contributed by atoms with Crippen LogP contribution in [0.3, 0.4) is 0 Å². The van der Waals surface area contributed by atoms with Crippen LogP contribution in [0, 0.1) is 0 Å². The van der Waals surface area contributed by atoms with Crippen molar-refractivity contribution in [2.75, 3.05) is 23.3 Å². The second-order valence-corrected chi connectivity index (χ2v) is 3.55. The van der Waals surface area contributed by atoms with Crippen molar-refractivity contribution >= 4 is 23.7 Å². The van der Waals surface area contributed by atoms with Gasteiger partial charge in [0, 0.05) is 24.3 Å². The van der Waals surface area contributed by atoms with Gasteiger partial charge >= 0.3 is 6.03 Å². The lowest BCUT2D eigenvalue weighted by Crippen LogP contribution is -2.23. The van der Waals surface area contributed by atoms with Crippen molar-refractivity contribution in [2.45, 2.75) is 13.8 Å². The van der Waals surface area contributed by atoms with Crippen molar-refractivity contribution in [3.63, 3.8) is 0 Å². The molecule has 0 heterocycles. The van der Waals surface area contributed by atoms with Crippen molar-refractivity contribution in [2.24, 2.45) is 5.73 Å². The van der Waals surface area contributed by atoms with Crippen LogP contribution in [0.5, 0.6) is 0 Å². The average molecular weight is 235 g/mol. The molecule has 0 bridgehead atoms. The van der Waals surface area contributed by atoms with Crippen molar-refractivity contribution in [1.82, 2.24) is 0 Å². The van der Waals surface area contributed by atoms with Crippen molar-refractivity contribution in [3.05, 3.63) is 23.8 Å². The van der Waals surface area contributed by atoms with E-state index >= 15 is 0 Å². The number of hydrogen-bond acceptors (Lipinski definition) is 3. The van der Waals surface area contributed by atoms with Gasteiger partial charge in [0.15, 0.2) is 6.29 Å². The molecule has 0 fully saturated rings. The minimum Gasteiger partial charge on any atom is -0.372 e. The predicted octanol–water partition coefficient (Wildman–Crippen LogP) is 1.84. The molecule has 5 nitrogen and oxygen atoms in total. The Morgan fingerprint density at radius 2 is 2.06 bits per heavy atom. The highest BCUT2D eigenvalue weighted by Gasteiger charge is 2.08. The van der Waals surface area contributed by atoms with Crippen LogP contribution in [-0.2, 0) is 0 Å². The normalized spacial score (nSPS) is 9.76. The average Bonchev–Trinajstić information content (AvgIpc) is 2.30. The van der Waals surface area contributed by atoms with E-state index in [4.69, 9.17) is 5.73 Å². The summed E-state index contributed by atoms with van der Waals surface area (Å²) in [5.74, 6) is 0. The highest BCUT2D eigenvalue weighted by Crippen LogP contribution is 2.22. The summed E-state index contributed by atoms with van der Waals surface area (Å²) in [5, 5.41) is 2.45. The summed E-state index contributed by atoms with van der Waals surface area (Å²) >= 11 is 0. The van der Waals surface area contributed by atoms with Gasteiger partial charge in [-0.25, -0.2) is 4.79 Å². The number of carbonyl (C=O) groups is 2. The second kappa shape index (κ2) is 5.89. The van der Waals surface area contributed by atoms with Crippen LogP contribution >= 0.6 is 0 Å². The Morgan fingerprint density at radius 3 is 2.53 bits per heavy atom. The van der Waals surface area contributed by atoms with E-state index in [2.05, 4.69) is 10.2 Å². The second-order valence-electron chi connectivity index (χ2n) is 3.55. The molecule has 2 amide bonds. The van der Waals surface area contributed by atoms with E-state index in [1.54, 1.807) is 12.1 Å². The summed E-state index contributed by atoms with van der Waals surface area (Å²) in [6.45, 7) is 5.79. The van der Waals surface area contributed by atoms with E-state index in [9.17, 15) is 9.59 Å². The molecule has 0 saturated carbocycles. The Balaban J connectivity index is 3.11. The van der Waals surface area contributed by atoms with Gasteiger partial charge in [0.1, 0.15) is 0 Å². The number of nitrogens with two attached hydrogens (primary N) is 1. The Morgan fingerprint density at radius 1 is 1.41 bits per heavy atom. The molecule has 0 atom stereocenters. The molecule has 5 heteroatoms. The molecule has 1 aromatic rings. The number of carbonyl (C=O) groups excluding carboxylic acids is 2. The summed E-state index contributed by atoms with van der Waals surface area (Å²) in [4.78, 5) is 23.8. The largest absolute Gasteiger partial charge is 0.372 e. The number of benzene rings is 1. The molecular weight excluding hydrogens is 218 g/mol. The quantitative estimate of drug-likeness (QED) is 0.764. The van der Waals surface area contributed by atoms with E-state index in [1.165, 1.54) is 0 Å². The highest BCUT2D eigenvalue weighted by molar-refractivity contribution is 5.95. The topological polar surface area (TPSA) is 75.4 Å². The number of nitrogens with zero attached hydrogens (tertiary/aromatic N) is 1. The SMILES string of the molecule is CCN(CC)c1ccc(C=O)c(NC(N)=O)c1. The Bertz CT molecular complexity index is 414. The van der Waals surface area contributed by atoms with Gasteiger partial charge in [0.05, 0.1) is 5.69 Å². The maximum atomic E-state index is 10.8. The fraction of sp³-hybridized carbons (Fsp3) is 0.333. The van der Waals surface area contributed by atoms with Crippen LogP contribution in [0.1, 0.15) is 24.2 Å².